The average Bonchev–Trinajstić information content (AvgIpc) is 2.54. The van der Waals surface area contributed by atoms with Gasteiger partial charge in [-0.2, -0.15) is 8.78 Å². The number of carbonyl (C=O) groups excluding carboxylic acids is 1. The Morgan fingerprint density at radius 1 is 1.21 bits per heavy atom. The van der Waals surface area contributed by atoms with Gasteiger partial charge in [0.2, 0.25) is 0 Å². The molecule has 9 heteroatoms. The van der Waals surface area contributed by atoms with Gasteiger partial charge in [-0.1, -0.05) is 0 Å². The molecule has 0 aliphatic heterocycles. The maximum Gasteiger partial charge on any atom is 0.387 e. The van der Waals surface area contributed by atoms with Crippen LogP contribution in [0.4, 0.5) is 8.78 Å². The molecular formula is C15H19F2NO6. The largest absolute Gasteiger partial charge is 0.493 e. The molecule has 0 bridgehead atoms. The van der Waals surface area contributed by atoms with Gasteiger partial charge in [0, 0.05) is 25.8 Å². The number of hydrogen-bond acceptors (Lipinski definition) is 5. The standard InChI is InChI=1S/C15H19F2NO6/c1-22-8-7-18(6-5-13(19)20)14(21)10-3-4-11(24-15(16)17)12(9-10)23-2/h3-4,9,15H,5-8H2,1-2H3,(H,19,20). The summed E-state index contributed by atoms with van der Waals surface area (Å²) in [5.74, 6) is -1.72. The third kappa shape index (κ3) is 5.99. The number of carboxylic acids is 1. The Labute approximate surface area is 137 Å². The zero-order chi connectivity index (χ0) is 18.1. The zero-order valence-electron chi connectivity index (χ0n) is 13.3. The molecule has 0 aliphatic carbocycles. The summed E-state index contributed by atoms with van der Waals surface area (Å²) in [6.07, 6.45) is -0.223. The van der Waals surface area contributed by atoms with E-state index in [4.69, 9.17) is 14.6 Å². The highest BCUT2D eigenvalue weighted by Gasteiger charge is 2.19. The third-order valence-electron chi connectivity index (χ3n) is 3.07. The first-order chi connectivity index (χ1) is 11.4. The molecule has 0 heterocycles. The zero-order valence-corrected chi connectivity index (χ0v) is 13.3. The highest BCUT2D eigenvalue weighted by Crippen LogP contribution is 2.29. The van der Waals surface area contributed by atoms with Gasteiger partial charge in [0.25, 0.3) is 5.91 Å². The number of hydrogen-bond donors (Lipinski definition) is 1. The molecule has 0 saturated heterocycles. The van der Waals surface area contributed by atoms with Crippen LogP contribution in [-0.2, 0) is 9.53 Å². The maximum atomic E-state index is 12.5. The van der Waals surface area contributed by atoms with E-state index < -0.39 is 18.5 Å². The lowest BCUT2D eigenvalue weighted by atomic mass is 10.1. The summed E-state index contributed by atoms with van der Waals surface area (Å²) in [4.78, 5) is 24.5. The Morgan fingerprint density at radius 3 is 2.46 bits per heavy atom. The number of benzene rings is 1. The number of nitrogens with zero attached hydrogens (tertiary/aromatic N) is 1. The molecule has 7 nitrogen and oxygen atoms in total. The van der Waals surface area contributed by atoms with Crippen molar-refractivity contribution >= 4 is 11.9 Å². The molecule has 134 valence electrons. The van der Waals surface area contributed by atoms with Crippen molar-refractivity contribution < 1.29 is 37.7 Å². The van der Waals surface area contributed by atoms with E-state index in [1.807, 2.05) is 0 Å². The van der Waals surface area contributed by atoms with E-state index in [-0.39, 0.29) is 43.2 Å². The minimum Gasteiger partial charge on any atom is -0.493 e. The predicted octanol–water partition coefficient (Wildman–Crippen LogP) is 1.86. The quantitative estimate of drug-likeness (QED) is 0.695. The first-order valence-electron chi connectivity index (χ1n) is 7.02. The number of halogens is 2. The van der Waals surface area contributed by atoms with Crippen molar-refractivity contribution in [3.05, 3.63) is 23.8 Å². The van der Waals surface area contributed by atoms with Crippen LogP contribution in [0.15, 0.2) is 18.2 Å². The Hall–Kier alpha value is -2.42. The predicted molar refractivity (Wildman–Crippen MR) is 79.7 cm³/mol. The Morgan fingerprint density at radius 2 is 1.92 bits per heavy atom. The monoisotopic (exact) mass is 347 g/mol. The fourth-order valence-corrected chi connectivity index (χ4v) is 1.92. The van der Waals surface area contributed by atoms with Crippen LogP contribution in [0.3, 0.4) is 0 Å². The van der Waals surface area contributed by atoms with Crippen molar-refractivity contribution in [2.75, 3.05) is 33.9 Å². The molecule has 0 saturated carbocycles. The van der Waals surface area contributed by atoms with Gasteiger partial charge in [-0.05, 0) is 18.2 Å². The van der Waals surface area contributed by atoms with Crippen LogP contribution in [0.5, 0.6) is 11.5 Å². The minimum atomic E-state index is -3.02. The number of amides is 1. The van der Waals surface area contributed by atoms with Crippen molar-refractivity contribution in [1.29, 1.82) is 0 Å². The van der Waals surface area contributed by atoms with Gasteiger partial charge in [0.1, 0.15) is 0 Å². The molecule has 0 unspecified atom stereocenters. The lowest BCUT2D eigenvalue weighted by molar-refractivity contribution is -0.137. The Balaban J connectivity index is 2.97. The van der Waals surface area contributed by atoms with Crippen LogP contribution in [0.25, 0.3) is 0 Å². The van der Waals surface area contributed by atoms with Crippen LogP contribution >= 0.6 is 0 Å². The summed E-state index contributed by atoms with van der Waals surface area (Å²) in [6, 6.07) is 3.77. The number of alkyl halides is 2. The van der Waals surface area contributed by atoms with Crippen LogP contribution in [-0.4, -0.2) is 62.4 Å². The molecule has 0 fully saturated rings. The molecule has 24 heavy (non-hydrogen) atoms. The fraction of sp³-hybridized carbons (Fsp3) is 0.467. The average molecular weight is 347 g/mol. The fourth-order valence-electron chi connectivity index (χ4n) is 1.92. The molecule has 1 rings (SSSR count). The summed E-state index contributed by atoms with van der Waals surface area (Å²) in [7, 11) is 2.72. The molecule has 0 aliphatic rings. The summed E-state index contributed by atoms with van der Waals surface area (Å²) >= 11 is 0. The number of carboxylic acid groups (broad SMARTS) is 1. The van der Waals surface area contributed by atoms with E-state index >= 15 is 0 Å². The second-order valence-corrected chi connectivity index (χ2v) is 4.67. The van der Waals surface area contributed by atoms with E-state index in [2.05, 4.69) is 4.74 Å². The second kappa shape index (κ2) is 9.66. The smallest absolute Gasteiger partial charge is 0.387 e. The third-order valence-corrected chi connectivity index (χ3v) is 3.07. The van der Waals surface area contributed by atoms with Crippen molar-refractivity contribution in [2.45, 2.75) is 13.0 Å². The maximum absolute atomic E-state index is 12.5. The van der Waals surface area contributed by atoms with Gasteiger partial charge in [0.05, 0.1) is 20.1 Å². The van der Waals surface area contributed by atoms with Crippen LogP contribution in [0, 0.1) is 0 Å². The molecule has 1 amide bonds. The summed E-state index contributed by atoms with van der Waals surface area (Å²) in [5.41, 5.74) is 0.162. The van der Waals surface area contributed by atoms with Crippen LogP contribution in [0.1, 0.15) is 16.8 Å². The molecule has 1 aromatic rings. The number of aliphatic carboxylic acids is 1. The summed E-state index contributed by atoms with van der Waals surface area (Å²) < 4.78 is 38.8. The first kappa shape index (κ1) is 19.6. The van der Waals surface area contributed by atoms with Gasteiger partial charge in [-0.3, -0.25) is 9.59 Å². The van der Waals surface area contributed by atoms with E-state index in [0.29, 0.717) is 0 Å². The first-order valence-corrected chi connectivity index (χ1v) is 7.02. The van der Waals surface area contributed by atoms with Gasteiger partial charge in [-0.15, -0.1) is 0 Å². The van der Waals surface area contributed by atoms with Crippen molar-refractivity contribution in [3.63, 3.8) is 0 Å². The Bertz CT molecular complexity index is 567. The van der Waals surface area contributed by atoms with E-state index in [1.165, 1.54) is 37.3 Å². The summed E-state index contributed by atoms with van der Waals surface area (Å²) in [6.45, 7) is -2.60. The molecule has 0 spiro atoms. The molecule has 1 aromatic carbocycles. The van der Waals surface area contributed by atoms with Crippen molar-refractivity contribution in [1.82, 2.24) is 4.90 Å². The van der Waals surface area contributed by atoms with E-state index in [1.54, 1.807) is 0 Å². The van der Waals surface area contributed by atoms with E-state index in [0.717, 1.165) is 0 Å². The highest BCUT2D eigenvalue weighted by atomic mass is 19.3. The van der Waals surface area contributed by atoms with Crippen molar-refractivity contribution in [2.24, 2.45) is 0 Å². The molecular weight excluding hydrogens is 328 g/mol. The highest BCUT2D eigenvalue weighted by molar-refractivity contribution is 5.95. The van der Waals surface area contributed by atoms with Gasteiger partial charge in [-0.25, -0.2) is 0 Å². The van der Waals surface area contributed by atoms with Crippen LogP contribution in [0.2, 0.25) is 0 Å². The molecule has 0 radical (unpaired) electrons. The normalized spacial score (nSPS) is 10.5. The second-order valence-electron chi connectivity index (χ2n) is 4.67. The number of carbonyl (C=O) groups is 2. The van der Waals surface area contributed by atoms with Crippen molar-refractivity contribution in [3.8, 4) is 11.5 Å². The summed E-state index contributed by atoms with van der Waals surface area (Å²) in [5, 5.41) is 8.77. The lowest BCUT2D eigenvalue weighted by Crippen LogP contribution is -2.35. The van der Waals surface area contributed by atoms with E-state index in [9.17, 15) is 18.4 Å². The molecule has 0 aromatic heterocycles. The number of ether oxygens (including phenoxy) is 3. The minimum absolute atomic E-state index is 0.00483. The topological polar surface area (TPSA) is 85.3 Å². The van der Waals surface area contributed by atoms with Gasteiger partial charge >= 0.3 is 12.6 Å². The molecule has 1 N–H and O–H groups in total. The number of rotatable bonds is 10. The van der Waals surface area contributed by atoms with Gasteiger partial charge in [0.15, 0.2) is 11.5 Å². The van der Waals surface area contributed by atoms with Crippen LogP contribution < -0.4 is 9.47 Å². The lowest BCUT2D eigenvalue weighted by Gasteiger charge is -2.22. The SMILES string of the molecule is COCCN(CCC(=O)O)C(=O)c1ccc(OC(F)F)c(OC)c1. The number of methoxy groups -OCH3 is 2. The Kier molecular flexibility index (Phi) is 7.90. The van der Waals surface area contributed by atoms with Gasteiger partial charge < -0.3 is 24.2 Å². The molecule has 0 atom stereocenters.